The lowest BCUT2D eigenvalue weighted by Crippen LogP contribution is -2.44. The van der Waals surface area contributed by atoms with Gasteiger partial charge in [0, 0.05) is 38.9 Å². The number of hydrogen-bond acceptors (Lipinski definition) is 5. The summed E-state index contributed by atoms with van der Waals surface area (Å²) in [6.45, 7) is 8.36. The van der Waals surface area contributed by atoms with Crippen molar-refractivity contribution in [2.45, 2.75) is 0 Å². The van der Waals surface area contributed by atoms with Gasteiger partial charge in [0.1, 0.15) is 17.2 Å². The SMILES string of the molecule is C=C/C(=C/C(=Nc1ccncc1F)N=C(N)c1ccc(F)cn1)CN1CCN(C)CC1. The first-order valence-electron chi connectivity index (χ1n) is 9.83. The summed E-state index contributed by atoms with van der Waals surface area (Å²) < 4.78 is 27.3. The van der Waals surface area contributed by atoms with E-state index in [-0.39, 0.29) is 23.1 Å². The van der Waals surface area contributed by atoms with Crippen molar-refractivity contribution in [2.75, 3.05) is 39.8 Å². The average Bonchev–Trinajstić information content (AvgIpc) is 2.76. The molecule has 0 saturated carbocycles. The Morgan fingerprint density at radius 2 is 1.97 bits per heavy atom. The number of nitrogens with two attached hydrogens (primary N) is 1. The smallest absolute Gasteiger partial charge is 0.167 e. The first-order chi connectivity index (χ1) is 14.9. The van der Waals surface area contributed by atoms with Crippen LogP contribution >= 0.6 is 0 Å². The van der Waals surface area contributed by atoms with Gasteiger partial charge in [0.05, 0.1) is 12.4 Å². The molecule has 1 aliphatic rings. The van der Waals surface area contributed by atoms with Crippen LogP contribution in [0.15, 0.2) is 71.1 Å². The molecule has 0 aromatic carbocycles. The van der Waals surface area contributed by atoms with Gasteiger partial charge in [0.2, 0.25) is 0 Å². The molecule has 2 aromatic heterocycles. The van der Waals surface area contributed by atoms with Crippen LogP contribution in [0.1, 0.15) is 5.69 Å². The van der Waals surface area contributed by atoms with Crippen LogP contribution in [0.25, 0.3) is 0 Å². The minimum atomic E-state index is -0.582. The molecular weight excluding hydrogens is 400 g/mol. The summed E-state index contributed by atoms with van der Waals surface area (Å²) in [6, 6.07) is 4.10. The fraction of sp³-hybridized carbons (Fsp3) is 0.273. The van der Waals surface area contributed by atoms with Crippen molar-refractivity contribution in [1.29, 1.82) is 0 Å². The molecule has 1 aliphatic heterocycles. The van der Waals surface area contributed by atoms with Gasteiger partial charge in [-0.2, -0.15) is 0 Å². The van der Waals surface area contributed by atoms with E-state index in [4.69, 9.17) is 5.73 Å². The van der Waals surface area contributed by atoms with Crippen molar-refractivity contribution in [2.24, 2.45) is 15.7 Å². The molecule has 0 radical (unpaired) electrons. The van der Waals surface area contributed by atoms with Gasteiger partial charge in [0.15, 0.2) is 17.5 Å². The van der Waals surface area contributed by atoms with E-state index in [1.165, 1.54) is 24.4 Å². The predicted octanol–water partition coefficient (Wildman–Crippen LogP) is 2.55. The molecular formula is C22H25F2N7. The topological polar surface area (TPSA) is 83.0 Å². The van der Waals surface area contributed by atoms with Gasteiger partial charge in [-0.25, -0.2) is 23.7 Å². The molecule has 3 rings (SSSR count). The summed E-state index contributed by atoms with van der Waals surface area (Å²) in [5.41, 5.74) is 7.29. The molecule has 7 nitrogen and oxygen atoms in total. The van der Waals surface area contributed by atoms with Crippen molar-refractivity contribution >= 4 is 17.4 Å². The highest BCUT2D eigenvalue weighted by atomic mass is 19.1. The largest absolute Gasteiger partial charge is 0.382 e. The molecule has 3 heterocycles. The van der Waals surface area contributed by atoms with Gasteiger partial charge >= 0.3 is 0 Å². The molecule has 0 amide bonds. The number of nitrogens with zero attached hydrogens (tertiary/aromatic N) is 6. The minimum Gasteiger partial charge on any atom is -0.382 e. The Kier molecular flexibility index (Phi) is 7.69. The van der Waals surface area contributed by atoms with Crippen LogP contribution in [0.2, 0.25) is 0 Å². The molecule has 31 heavy (non-hydrogen) atoms. The summed E-state index contributed by atoms with van der Waals surface area (Å²) in [6.07, 6.45) is 7.00. The third-order valence-corrected chi connectivity index (χ3v) is 4.79. The zero-order valence-corrected chi connectivity index (χ0v) is 17.4. The summed E-state index contributed by atoms with van der Waals surface area (Å²) in [4.78, 5) is 20.9. The van der Waals surface area contributed by atoms with Crippen LogP contribution in [0.3, 0.4) is 0 Å². The maximum absolute atomic E-state index is 14.1. The number of hydrogen-bond donors (Lipinski definition) is 1. The fourth-order valence-corrected chi connectivity index (χ4v) is 2.98. The van der Waals surface area contributed by atoms with Crippen molar-refractivity contribution in [3.8, 4) is 0 Å². The van der Waals surface area contributed by atoms with Gasteiger partial charge in [0.25, 0.3) is 0 Å². The Morgan fingerprint density at radius 1 is 1.19 bits per heavy atom. The van der Waals surface area contributed by atoms with Crippen LogP contribution in [-0.2, 0) is 0 Å². The lowest BCUT2D eigenvalue weighted by molar-refractivity contribution is 0.165. The second-order valence-corrected chi connectivity index (χ2v) is 7.16. The monoisotopic (exact) mass is 425 g/mol. The second kappa shape index (κ2) is 10.6. The van der Waals surface area contributed by atoms with Gasteiger partial charge in [-0.15, -0.1) is 0 Å². The third-order valence-electron chi connectivity index (χ3n) is 4.79. The van der Waals surface area contributed by atoms with E-state index in [1.807, 2.05) is 0 Å². The Bertz CT molecular complexity index is 991. The fourth-order valence-electron chi connectivity index (χ4n) is 2.98. The molecule has 0 bridgehead atoms. The molecule has 0 unspecified atom stereocenters. The highest BCUT2D eigenvalue weighted by Gasteiger charge is 2.14. The van der Waals surface area contributed by atoms with E-state index >= 15 is 0 Å². The van der Waals surface area contributed by atoms with Gasteiger partial charge in [-0.05, 0) is 36.9 Å². The number of pyridine rings is 2. The minimum absolute atomic E-state index is 0.0347. The maximum Gasteiger partial charge on any atom is 0.167 e. The molecule has 162 valence electrons. The van der Waals surface area contributed by atoms with E-state index in [0.717, 1.165) is 44.1 Å². The van der Waals surface area contributed by atoms with Gasteiger partial charge in [-0.1, -0.05) is 12.7 Å². The lowest BCUT2D eigenvalue weighted by Gasteiger charge is -2.32. The van der Waals surface area contributed by atoms with E-state index in [2.05, 4.69) is 43.4 Å². The molecule has 0 atom stereocenters. The van der Waals surface area contributed by atoms with Gasteiger partial charge in [-0.3, -0.25) is 9.88 Å². The van der Waals surface area contributed by atoms with Crippen LogP contribution in [0, 0.1) is 11.6 Å². The predicted molar refractivity (Wildman–Crippen MR) is 118 cm³/mol. The van der Waals surface area contributed by atoms with Crippen LogP contribution in [-0.4, -0.2) is 71.2 Å². The molecule has 1 saturated heterocycles. The summed E-state index contributed by atoms with van der Waals surface area (Å²) >= 11 is 0. The van der Waals surface area contributed by atoms with E-state index in [9.17, 15) is 8.78 Å². The van der Waals surface area contributed by atoms with E-state index in [1.54, 1.807) is 12.2 Å². The number of halogens is 2. The average molecular weight is 425 g/mol. The number of piperazine rings is 1. The number of aliphatic imine (C=N–C) groups is 2. The highest BCUT2D eigenvalue weighted by Crippen LogP contribution is 2.17. The van der Waals surface area contributed by atoms with Crippen molar-refractivity contribution < 1.29 is 8.78 Å². The molecule has 2 aromatic rings. The number of rotatable bonds is 6. The Labute approximate surface area is 180 Å². The quantitative estimate of drug-likeness (QED) is 0.437. The van der Waals surface area contributed by atoms with Gasteiger partial charge < -0.3 is 10.6 Å². The first kappa shape index (κ1) is 22.4. The lowest BCUT2D eigenvalue weighted by atomic mass is 10.2. The zero-order chi connectivity index (χ0) is 22.2. The Balaban J connectivity index is 1.93. The first-order valence-corrected chi connectivity index (χ1v) is 9.83. The normalized spacial score (nSPS) is 17.1. The Hall–Kier alpha value is -3.30. The Morgan fingerprint density at radius 3 is 2.61 bits per heavy atom. The number of likely N-dealkylation sites (N-methyl/N-ethyl adjacent to an activating group) is 1. The molecule has 9 heteroatoms. The molecule has 0 spiro atoms. The van der Waals surface area contributed by atoms with Crippen molar-refractivity contribution in [3.63, 3.8) is 0 Å². The van der Waals surface area contributed by atoms with Crippen LogP contribution in [0.4, 0.5) is 14.5 Å². The highest BCUT2D eigenvalue weighted by molar-refractivity contribution is 6.08. The number of amidine groups is 2. The molecule has 2 N–H and O–H groups in total. The molecule has 0 aliphatic carbocycles. The summed E-state index contributed by atoms with van der Waals surface area (Å²) in [5, 5.41) is 0. The second-order valence-electron chi connectivity index (χ2n) is 7.16. The van der Waals surface area contributed by atoms with Crippen LogP contribution in [0.5, 0.6) is 0 Å². The summed E-state index contributed by atoms with van der Waals surface area (Å²) in [7, 11) is 2.09. The van der Waals surface area contributed by atoms with Crippen molar-refractivity contribution in [3.05, 3.63) is 78.4 Å². The standard InChI is InChI=1S/C22H25F2N7/c1-3-16(15-31-10-8-30(2)9-11-31)12-21(28-19-6-7-26-14-18(19)24)29-22(25)20-5-4-17(23)13-27-20/h3-7,12-14H,1,8-11,15H2,2H3,(H2,25,26,28,29)/b16-12-. The third kappa shape index (κ3) is 6.59. The zero-order valence-electron chi connectivity index (χ0n) is 17.4. The summed E-state index contributed by atoms with van der Waals surface area (Å²) in [5.74, 6) is -0.850. The number of aromatic nitrogens is 2. The molecule has 1 fully saturated rings. The van der Waals surface area contributed by atoms with E-state index < -0.39 is 11.6 Å². The maximum atomic E-state index is 14.1. The van der Waals surface area contributed by atoms with E-state index in [0.29, 0.717) is 6.54 Å². The van der Waals surface area contributed by atoms with Crippen molar-refractivity contribution in [1.82, 2.24) is 19.8 Å². The van der Waals surface area contributed by atoms with Crippen LogP contribution < -0.4 is 5.73 Å².